The average molecular weight is 376 g/mol. The molecule has 1 rings (SSSR count). The predicted octanol–water partition coefficient (Wildman–Crippen LogP) is 3.45. The first kappa shape index (κ1) is 22.7. The molecule has 0 unspecified atom stereocenters. The molecule has 0 radical (unpaired) electrons. The summed E-state index contributed by atoms with van der Waals surface area (Å²) in [5.41, 5.74) is 0.357. The van der Waals surface area contributed by atoms with Crippen LogP contribution in [0.25, 0.3) is 0 Å². The van der Waals surface area contributed by atoms with E-state index in [0.29, 0.717) is 29.5 Å². The van der Waals surface area contributed by atoms with E-state index in [2.05, 4.69) is 19.2 Å². The highest BCUT2D eigenvalue weighted by atomic mass is 35.5. The number of halogens is 1. The highest BCUT2D eigenvalue weighted by molar-refractivity contribution is 7.99. The van der Waals surface area contributed by atoms with Crippen molar-refractivity contribution in [1.29, 1.82) is 0 Å². The molecule has 0 bridgehead atoms. The summed E-state index contributed by atoms with van der Waals surface area (Å²) in [5, 5.41) is 14.3. The third-order valence-electron chi connectivity index (χ3n) is 3.40. The van der Waals surface area contributed by atoms with E-state index >= 15 is 0 Å². The van der Waals surface area contributed by atoms with Crippen molar-refractivity contribution in [3.63, 3.8) is 0 Å². The lowest BCUT2D eigenvalue weighted by molar-refractivity contribution is -0.387. The summed E-state index contributed by atoms with van der Waals surface area (Å²) >= 11 is 1.47. The molecule has 136 valence electrons. The number of nitro benzene ring substituents is 1. The summed E-state index contributed by atoms with van der Waals surface area (Å²) in [7, 11) is 3.50. The highest BCUT2D eigenvalue weighted by Gasteiger charge is 2.19. The summed E-state index contributed by atoms with van der Waals surface area (Å²) in [4.78, 5) is 25.4. The SMILES string of the molecule is CNCCN(C)C(=O)c1ccc(SCCC(C)C)c([N+](=O)[O-])c1.Cl. The number of nitrogens with one attached hydrogen (secondary N) is 1. The lowest BCUT2D eigenvalue weighted by atomic mass is 10.2. The normalized spacial score (nSPS) is 10.4. The molecular weight excluding hydrogens is 350 g/mol. The standard InChI is InChI=1S/C16H25N3O3S.ClH/c1-12(2)7-10-23-15-6-5-13(11-14(15)19(21)22)16(20)18(4)9-8-17-3;/h5-6,11-12,17H,7-10H2,1-4H3;1H. The molecule has 0 heterocycles. The molecular formula is C16H26ClN3O3S. The van der Waals surface area contributed by atoms with Gasteiger partial charge in [0.05, 0.1) is 9.82 Å². The van der Waals surface area contributed by atoms with Gasteiger partial charge in [0.15, 0.2) is 0 Å². The molecule has 24 heavy (non-hydrogen) atoms. The molecule has 0 aliphatic rings. The van der Waals surface area contributed by atoms with Gasteiger partial charge in [-0.05, 0) is 37.3 Å². The molecule has 8 heteroatoms. The maximum absolute atomic E-state index is 12.3. The minimum atomic E-state index is -0.415. The fourth-order valence-corrected chi connectivity index (χ4v) is 3.18. The molecule has 0 aliphatic carbocycles. The van der Waals surface area contributed by atoms with Gasteiger partial charge in [0.1, 0.15) is 0 Å². The number of nitro groups is 1. The first-order chi connectivity index (χ1) is 10.9. The van der Waals surface area contributed by atoms with Crippen molar-refractivity contribution in [1.82, 2.24) is 10.2 Å². The molecule has 0 aromatic heterocycles. The van der Waals surface area contributed by atoms with Crippen LogP contribution in [0, 0.1) is 16.0 Å². The van der Waals surface area contributed by atoms with E-state index < -0.39 is 4.92 Å². The van der Waals surface area contributed by atoms with Crippen LogP contribution in [-0.4, -0.2) is 48.7 Å². The van der Waals surface area contributed by atoms with Crippen molar-refractivity contribution in [3.8, 4) is 0 Å². The highest BCUT2D eigenvalue weighted by Crippen LogP contribution is 2.31. The topological polar surface area (TPSA) is 75.5 Å². The van der Waals surface area contributed by atoms with Gasteiger partial charge < -0.3 is 10.2 Å². The Bertz CT molecular complexity index is 555. The zero-order valence-corrected chi connectivity index (χ0v) is 16.2. The van der Waals surface area contributed by atoms with Gasteiger partial charge in [0, 0.05) is 31.8 Å². The molecule has 0 saturated carbocycles. The van der Waals surface area contributed by atoms with Gasteiger partial charge in [0.25, 0.3) is 11.6 Å². The second-order valence-corrected chi connectivity index (χ2v) is 6.94. The predicted molar refractivity (Wildman–Crippen MR) is 101 cm³/mol. The third kappa shape index (κ3) is 7.07. The van der Waals surface area contributed by atoms with Crippen molar-refractivity contribution in [2.45, 2.75) is 25.2 Å². The second-order valence-electron chi connectivity index (χ2n) is 5.80. The molecule has 0 saturated heterocycles. The molecule has 1 N–H and O–H groups in total. The summed E-state index contributed by atoms with van der Waals surface area (Å²) in [6.45, 7) is 5.47. The smallest absolute Gasteiger partial charge is 0.283 e. The number of hydrogen-bond donors (Lipinski definition) is 1. The molecule has 0 aliphatic heterocycles. The van der Waals surface area contributed by atoms with Crippen LogP contribution < -0.4 is 5.32 Å². The number of thioether (sulfide) groups is 1. The largest absolute Gasteiger partial charge is 0.340 e. The number of nitrogens with zero attached hydrogens (tertiary/aromatic N) is 2. The maximum atomic E-state index is 12.3. The van der Waals surface area contributed by atoms with Crippen LogP contribution in [0.1, 0.15) is 30.6 Å². The van der Waals surface area contributed by atoms with Crippen molar-refractivity contribution in [2.24, 2.45) is 5.92 Å². The van der Waals surface area contributed by atoms with Crippen LogP contribution >= 0.6 is 24.2 Å². The van der Waals surface area contributed by atoms with Crippen molar-refractivity contribution in [2.75, 3.05) is 32.9 Å². The number of likely N-dealkylation sites (N-methyl/N-ethyl adjacent to an activating group) is 2. The van der Waals surface area contributed by atoms with Gasteiger partial charge in [0.2, 0.25) is 0 Å². The van der Waals surface area contributed by atoms with Gasteiger partial charge in [-0.3, -0.25) is 14.9 Å². The average Bonchev–Trinajstić information content (AvgIpc) is 2.51. The number of amides is 1. The van der Waals surface area contributed by atoms with Crippen LogP contribution in [0.5, 0.6) is 0 Å². The van der Waals surface area contributed by atoms with Crippen molar-refractivity contribution >= 4 is 35.8 Å². The Morgan fingerprint density at radius 1 is 1.42 bits per heavy atom. The summed E-state index contributed by atoms with van der Waals surface area (Å²) < 4.78 is 0. The molecule has 0 fully saturated rings. The van der Waals surface area contributed by atoms with Crippen molar-refractivity contribution < 1.29 is 9.72 Å². The van der Waals surface area contributed by atoms with E-state index in [0.717, 1.165) is 12.2 Å². The lowest BCUT2D eigenvalue weighted by Crippen LogP contribution is -2.32. The van der Waals surface area contributed by atoms with E-state index in [1.807, 2.05) is 7.05 Å². The fraction of sp³-hybridized carbons (Fsp3) is 0.562. The minimum Gasteiger partial charge on any atom is -0.340 e. The van der Waals surface area contributed by atoms with Crippen LogP contribution in [0.15, 0.2) is 23.1 Å². The van der Waals surface area contributed by atoms with Gasteiger partial charge in [-0.15, -0.1) is 24.2 Å². The number of rotatable bonds is 9. The fourth-order valence-electron chi connectivity index (χ4n) is 1.92. The maximum Gasteiger partial charge on any atom is 0.283 e. The van der Waals surface area contributed by atoms with Gasteiger partial charge in [-0.25, -0.2) is 0 Å². The number of benzene rings is 1. The quantitative estimate of drug-likeness (QED) is 0.406. The molecule has 1 amide bonds. The van der Waals surface area contributed by atoms with Crippen LogP contribution in [-0.2, 0) is 0 Å². The summed E-state index contributed by atoms with van der Waals surface area (Å²) in [5.74, 6) is 1.18. The monoisotopic (exact) mass is 375 g/mol. The lowest BCUT2D eigenvalue weighted by Gasteiger charge is -2.17. The molecule has 0 atom stereocenters. The molecule has 1 aromatic carbocycles. The van der Waals surface area contributed by atoms with Gasteiger partial charge >= 0.3 is 0 Å². The first-order valence-electron chi connectivity index (χ1n) is 7.68. The van der Waals surface area contributed by atoms with E-state index in [4.69, 9.17) is 0 Å². The minimum absolute atomic E-state index is 0. The number of carbonyl (C=O) groups excluding carboxylic acids is 1. The Kier molecular flexibility index (Phi) is 10.7. The first-order valence-corrected chi connectivity index (χ1v) is 8.66. The van der Waals surface area contributed by atoms with E-state index in [1.54, 1.807) is 24.1 Å². The molecule has 0 spiro atoms. The van der Waals surface area contributed by atoms with E-state index in [-0.39, 0.29) is 24.0 Å². The Labute approximate surface area is 153 Å². The van der Waals surface area contributed by atoms with E-state index in [9.17, 15) is 14.9 Å². The molecule has 6 nitrogen and oxygen atoms in total. The van der Waals surface area contributed by atoms with E-state index in [1.165, 1.54) is 17.8 Å². The number of carbonyl (C=O) groups is 1. The van der Waals surface area contributed by atoms with Crippen molar-refractivity contribution in [3.05, 3.63) is 33.9 Å². The third-order valence-corrected chi connectivity index (χ3v) is 4.50. The molecule has 1 aromatic rings. The Hall–Kier alpha value is -1.31. The van der Waals surface area contributed by atoms with Crippen LogP contribution in [0.4, 0.5) is 5.69 Å². The van der Waals surface area contributed by atoms with Crippen LogP contribution in [0.2, 0.25) is 0 Å². The number of hydrogen-bond acceptors (Lipinski definition) is 5. The Balaban J connectivity index is 0.00000529. The zero-order chi connectivity index (χ0) is 17.4. The summed E-state index contributed by atoms with van der Waals surface area (Å²) in [6, 6.07) is 4.74. The summed E-state index contributed by atoms with van der Waals surface area (Å²) in [6.07, 6.45) is 0.995. The Morgan fingerprint density at radius 2 is 2.08 bits per heavy atom. The van der Waals surface area contributed by atoms with Gasteiger partial charge in [-0.2, -0.15) is 0 Å². The van der Waals surface area contributed by atoms with Crippen LogP contribution in [0.3, 0.4) is 0 Å². The Morgan fingerprint density at radius 3 is 2.62 bits per heavy atom. The zero-order valence-electron chi connectivity index (χ0n) is 14.6. The second kappa shape index (κ2) is 11.3. The van der Waals surface area contributed by atoms with Gasteiger partial charge in [-0.1, -0.05) is 13.8 Å².